The first-order valence-corrected chi connectivity index (χ1v) is 9.08. The molecule has 1 aliphatic rings. The summed E-state index contributed by atoms with van der Waals surface area (Å²) >= 11 is 0. The Hall–Kier alpha value is -2.78. The molecular weight excluding hydrogens is 544 g/mol. The van der Waals surface area contributed by atoms with E-state index >= 15 is 0 Å². The number of hydrogen-bond donors (Lipinski definition) is 1. The molecule has 151 valence electrons. The van der Waals surface area contributed by atoms with E-state index in [0.29, 0.717) is 6.04 Å². The van der Waals surface area contributed by atoms with Gasteiger partial charge < -0.3 is 9.52 Å². The third-order valence-electron chi connectivity index (χ3n) is 4.13. The van der Waals surface area contributed by atoms with Crippen LogP contribution < -0.4 is 0 Å². The van der Waals surface area contributed by atoms with Crippen molar-refractivity contribution >= 4 is 39.4 Å². The Morgan fingerprint density at radius 1 is 1.17 bits per heavy atom. The summed E-state index contributed by atoms with van der Waals surface area (Å²) in [6.07, 6.45) is 5.17. The number of rotatable bonds is 3. The number of carbonyl (C=O) groups excluding carboxylic acids is 1. The second-order valence-electron chi connectivity index (χ2n) is 6.83. The maximum absolute atomic E-state index is 10.0. The van der Waals surface area contributed by atoms with Crippen molar-refractivity contribution < 1.29 is 43.6 Å². The molecule has 6 heteroatoms. The molecule has 1 aromatic heterocycles. The third-order valence-corrected chi connectivity index (χ3v) is 4.13. The topological polar surface area (TPSA) is 56.5 Å². The average Bonchev–Trinajstić information content (AvgIpc) is 3.26. The summed E-state index contributed by atoms with van der Waals surface area (Å²) in [4.78, 5) is 10.0. The van der Waals surface area contributed by atoms with Crippen LogP contribution in [0, 0.1) is 6.07 Å². The number of allylic oxidation sites excluding steroid dienone is 2. The van der Waals surface area contributed by atoms with Gasteiger partial charge in [0.1, 0.15) is 5.58 Å². The molecule has 5 nitrogen and oxygen atoms in total. The van der Waals surface area contributed by atoms with Crippen LogP contribution in [0.4, 0.5) is 5.69 Å². The SMILES string of the molecule is CC(=O)/C=C(/C)O.CC(C)[N+]1=C=[N+](c2[c-]ccc3c2oc2ccccc23)C=C1.[Ir]. The van der Waals surface area contributed by atoms with Crippen LogP contribution in [-0.4, -0.2) is 32.1 Å². The number of nitrogens with zero attached hydrogens (tertiary/aromatic N) is 2. The van der Waals surface area contributed by atoms with Gasteiger partial charge in [-0.2, -0.15) is 12.1 Å². The number of aliphatic hydroxyl groups is 1. The molecule has 0 aliphatic carbocycles. The first kappa shape index (κ1) is 22.5. The zero-order valence-corrected chi connectivity index (χ0v) is 19.2. The van der Waals surface area contributed by atoms with Crippen LogP contribution in [0.1, 0.15) is 27.7 Å². The molecule has 2 aromatic carbocycles. The van der Waals surface area contributed by atoms with Crippen LogP contribution in [0.3, 0.4) is 0 Å². The molecule has 1 N–H and O–H groups in total. The van der Waals surface area contributed by atoms with E-state index in [9.17, 15) is 4.79 Å². The standard InChI is InChI=1S/C18H15N2O.C5H8O2.Ir/c1-13(2)19-10-11-20(12-19)16-8-5-7-15-14-6-3-4-9-17(14)21-18(15)16;1-4(6)3-5(2)7;/h3-7,9-11,13H,1-2H3;3,6H,1-2H3;/q+1;;/b;4-3-;. The number of hydrogen-bond acceptors (Lipinski definition) is 3. The van der Waals surface area contributed by atoms with Gasteiger partial charge in [0.25, 0.3) is 6.20 Å². The molecule has 1 aliphatic heterocycles. The normalized spacial score (nSPS) is 13.1. The number of benzene rings is 2. The minimum atomic E-state index is -0.125. The summed E-state index contributed by atoms with van der Waals surface area (Å²) in [7, 11) is 0. The Morgan fingerprint density at radius 3 is 2.48 bits per heavy atom. The van der Waals surface area contributed by atoms with Crippen molar-refractivity contribution in [3.63, 3.8) is 0 Å². The molecule has 0 unspecified atom stereocenters. The summed E-state index contributed by atoms with van der Waals surface area (Å²) in [5.41, 5.74) is 2.64. The molecule has 0 fully saturated rings. The smallest absolute Gasteiger partial charge is 0.493 e. The van der Waals surface area contributed by atoms with Gasteiger partial charge in [-0.05, 0) is 33.8 Å². The fourth-order valence-corrected chi connectivity index (χ4v) is 2.89. The number of aliphatic hydroxyl groups excluding tert-OH is 1. The zero-order chi connectivity index (χ0) is 20.3. The maximum Gasteiger partial charge on any atom is 0.493 e. The van der Waals surface area contributed by atoms with Crippen molar-refractivity contribution in [1.82, 2.24) is 0 Å². The van der Waals surface area contributed by atoms with Crippen molar-refractivity contribution in [3.8, 4) is 0 Å². The van der Waals surface area contributed by atoms with Crippen LogP contribution in [0.2, 0.25) is 0 Å². The Kier molecular flexibility index (Phi) is 7.46. The number of furan rings is 1. The fourth-order valence-electron chi connectivity index (χ4n) is 2.89. The van der Waals surface area contributed by atoms with Crippen LogP contribution in [0.5, 0.6) is 0 Å². The third kappa shape index (κ3) is 5.18. The van der Waals surface area contributed by atoms with E-state index in [1.165, 1.54) is 19.9 Å². The molecule has 0 spiro atoms. The van der Waals surface area contributed by atoms with Crippen molar-refractivity contribution in [2.75, 3.05) is 0 Å². The molecule has 0 atom stereocenters. The second-order valence-corrected chi connectivity index (χ2v) is 6.83. The van der Waals surface area contributed by atoms with E-state index in [1.54, 1.807) is 0 Å². The first-order valence-electron chi connectivity index (χ1n) is 9.08. The predicted molar refractivity (Wildman–Crippen MR) is 109 cm³/mol. The molecule has 1 radical (unpaired) electrons. The van der Waals surface area contributed by atoms with Crippen molar-refractivity contribution in [1.29, 1.82) is 0 Å². The molecule has 0 saturated heterocycles. The minimum Gasteiger partial charge on any atom is -0.512 e. The van der Waals surface area contributed by atoms with Gasteiger partial charge in [0.05, 0.1) is 11.3 Å². The van der Waals surface area contributed by atoms with Crippen LogP contribution in [-0.2, 0) is 24.9 Å². The predicted octanol–water partition coefficient (Wildman–Crippen LogP) is 5.14. The molecular formula is C23H23IrN2O3+. The van der Waals surface area contributed by atoms with Gasteiger partial charge >= 0.3 is 6.01 Å². The molecule has 0 amide bonds. The molecule has 3 aromatic rings. The number of ketones is 1. The number of fused-ring (bicyclic) bond motifs is 3. The van der Waals surface area contributed by atoms with Crippen LogP contribution in [0.15, 0.2) is 65.1 Å². The number of carbonyl (C=O) groups is 1. The fraction of sp³-hybridized carbons (Fsp3) is 0.217. The largest absolute Gasteiger partial charge is 0.512 e. The van der Waals surface area contributed by atoms with E-state index in [0.717, 1.165) is 27.6 Å². The van der Waals surface area contributed by atoms with Gasteiger partial charge in [-0.15, -0.1) is 6.07 Å². The maximum atomic E-state index is 10.0. The molecule has 0 saturated carbocycles. The van der Waals surface area contributed by atoms with Gasteiger partial charge in [-0.25, -0.2) is 0 Å². The Morgan fingerprint density at radius 2 is 1.90 bits per heavy atom. The summed E-state index contributed by atoms with van der Waals surface area (Å²) < 4.78 is 10.00. The minimum absolute atomic E-state index is 0. The molecule has 4 rings (SSSR count). The van der Waals surface area contributed by atoms with Crippen LogP contribution >= 0.6 is 0 Å². The van der Waals surface area contributed by atoms with Crippen molar-refractivity contribution in [2.45, 2.75) is 33.7 Å². The van der Waals surface area contributed by atoms with E-state index in [1.807, 2.05) is 51.9 Å². The van der Waals surface area contributed by atoms with E-state index in [-0.39, 0.29) is 31.6 Å². The van der Waals surface area contributed by atoms with Gasteiger partial charge in [-0.1, -0.05) is 32.7 Å². The Balaban J connectivity index is 0.000000327. The van der Waals surface area contributed by atoms with Crippen molar-refractivity contribution in [2.24, 2.45) is 0 Å². The monoisotopic (exact) mass is 568 g/mol. The molecule has 2 heterocycles. The van der Waals surface area contributed by atoms with Crippen LogP contribution in [0.25, 0.3) is 21.9 Å². The zero-order valence-electron chi connectivity index (χ0n) is 16.8. The molecule has 0 bridgehead atoms. The quantitative estimate of drug-likeness (QED) is 0.206. The average molecular weight is 568 g/mol. The Labute approximate surface area is 183 Å². The molecule has 29 heavy (non-hydrogen) atoms. The number of para-hydroxylation sites is 1. The first-order chi connectivity index (χ1) is 13.4. The van der Waals surface area contributed by atoms with E-state index in [2.05, 4.69) is 32.0 Å². The summed E-state index contributed by atoms with van der Waals surface area (Å²) in [6, 6.07) is 19.0. The van der Waals surface area contributed by atoms with Gasteiger partial charge in [0.2, 0.25) is 6.20 Å². The summed E-state index contributed by atoms with van der Waals surface area (Å²) in [5, 5.41) is 10.6. The van der Waals surface area contributed by atoms with Crippen molar-refractivity contribution in [3.05, 3.63) is 66.7 Å². The van der Waals surface area contributed by atoms with Gasteiger partial charge in [0.15, 0.2) is 17.5 Å². The van der Waals surface area contributed by atoms with E-state index < -0.39 is 0 Å². The Bertz CT molecular complexity index is 1180. The second kappa shape index (κ2) is 9.62. The summed E-state index contributed by atoms with van der Waals surface area (Å²) in [5.74, 6) is -0.0625. The summed E-state index contributed by atoms with van der Waals surface area (Å²) in [6.45, 7) is 7.11. The van der Waals surface area contributed by atoms with Gasteiger partial charge in [0, 0.05) is 31.6 Å². The van der Waals surface area contributed by atoms with E-state index in [4.69, 9.17) is 9.52 Å². The van der Waals surface area contributed by atoms with Gasteiger partial charge in [-0.3, -0.25) is 4.79 Å².